The van der Waals surface area contributed by atoms with Gasteiger partial charge in [0.25, 0.3) is 5.91 Å². The molecule has 0 radical (unpaired) electrons. The molecule has 6 heteroatoms. The highest BCUT2D eigenvalue weighted by atomic mass is 16.5. The van der Waals surface area contributed by atoms with Crippen molar-refractivity contribution in [2.75, 3.05) is 13.2 Å². The molecule has 0 unspecified atom stereocenters. The second kappa shape index (κ2) is 3.28. The van der Waals surface area contributed by atoms with Crippen molar-refractivity contribution in [2.24, 2.45) is 5.73 Å². The van der Waals surface area contributed by atoms with E-state index in [2.05, 4.69) is 4.98 Å². The number of rotatable bonds is 2. The zero-order valence-corrected chi connectivity index (χ0v) is 8.96. The highest BCUT2D eigenvalue weighted by Gasteiger charge is 2.38. The lowest BCUT2D eigenvalue weighted by Crippen LogP contribution is -2.46. The van der Waals surface area contributed by atoms with Crippen molar-refractivity contribution in [2.45, 2.75) is 5.60 Å². The van der Waals surface area contributed by atoms with Crippen LogP contribution in [0.15, 0.2) is 24.5 Å². The second-order valence-electron chi connectivity index (χ2n) is 4.20. The number of pyridine rings is 1. The third-order valence-corrected chi connectivity index (χ3v) is 2.92. The Balaban J connectivity index is 2.09. The summed E-state index contributed by atoms with van der Waals surface area (Å²) in [4.78, 5) is 15.1. The van der Waals surface area contributed by atoms with Gasteiger partial charge in [0.1, 0.15) is 16.9 Å². The molecule has 3 heterocycles. The predicted molar refractivity (Wildman–Crippen MR) is 58.4 cm³/mol. The fraction of sp³-hybridized carbons (Fsp3) is 0.273. The lowest BCUT2D eigenvalue weighted by molar-refractivity contribution is -0.184. The SMILES string of the molecule is NC(=O)c1cn2cc(C3(O)COC3)ccc2n1. The number of aliphatic hydroxyl groups is 1. The van der Waals surface area contributed by atoms with Gasteiger partial charge in [0.2, 0.25) is 0 Å². The Labute approximate surface area is 96.6 Å². The van der Waals surface area contributed by atoms with E-state index in [1.54, 1.807) is 28.9 Å². The van der Waals surface area contributed by atoms with Crippen molar-refractivity contribution in [1.29, 1.82) is 0 Å². The standard InChI is InChI=1S/C11H11N3O3/c12-10(15)8-4-14-3-7(1-2-9(14)13-8)11(16)5-17-6-11/h1-4,16H,5-6H2,(H2,12,15). The summed E-state index contributed by atoms with van der Waals surface area (Å²) >= 11 is 0. The molecular weight excluding hydrogens is 222 g/mol. The zero-order valence-electron chi connectivity index (χ0n) is 8.96. The maximum atomic E-state index is 11.0. The molecule has 2 aromatic rings. The monoisotopic (exact) mass is 233 g/mol. The quantitative estimate of drug-likeness (QED) is 0.742. The first-order valence-corrected chi connectivity index (χ1v) is 5.18. The molecule has 1 fully saturated rings. The number of fused-ring (bicyclic) bond motifs is 1. The predicted octanol–water partition coefficient (Wildman–Crippen LogP) is -0.349. The van der Waals surface area contributed by atoms with Gasteiger partial charge in [0, 0.05) is 18.0 Å². The van der Waals surface area contributed by atoms with E-state index in [1.165, 1.54) is 0 Å². The Bertz CT molecular complexity index is 601. The van der Waals surface area contributed by atoms with E-state index in [-0.39, 0.29) is 18.9 Å². The Hall–Kier alpha value is -1.92. The molecule has 88 valence electrons. The van der Waals surface area contributed by atoms with E-state index in [9.17, 15) is 9.90 Å². The van der Waals surface area contributed by atoms with E-state index >= 15 is 0 Å². The van der Waals surface area contributed by atoms with Gasteiger partial charge in [-0.25, -0.2) is 4.98 Å². The van der Waals surface area contributed by atoms with E-state index in [1.807, 2.05) is 0 Å². The number of nitrogens with zero attached hydrogens (tertiary/aromatic N) is 2. The molecular formula is C11H11N3O3. The van der Waals surface area contributed by atoms with Crippen LogP contribution in [-0.4, -0.2) is 33.6 Å². The summed E-state index contributed by atoms with van der Waals surface area (Å²) in [5, 5.41) is 10.1. The molecule has 17 heavy (non-hydrogen) atoms. The maximum Gasteiger partial charge on any atom is 0.268 e. The van der Waals surface area contributed by atoms with Crippen molar-refractivity contribution < 1.29 is 14.6 Å². The minimum absolute atomic E-state index is 0.207. The van der Waals surface area contributed by atoms with Crippen LogP contribution in [0.3, 0.4) is 0 Å². The minimum Gasteiger partial charge on any atom is -0.380 e. The van der Waals surface area contributed by atoms with Crippen molar-refractivity contribution in [3.05, 3.63) is 35.8 Å². The fourth-order valence-corrected chi connectivity index (χ4v) is 1.85. The maximum absolute atomic E-state index is 11.0. The smallest absolute Gasteiger partial charge is 0.268 e. The van der Waals surface area contributed by atoms with Crippen LogP contribution in [0.1, 0.15) is 16.1 Å². The van der Waals surface area contributed by atoms with Crippen molar-refractivity contribution in [1.82, 2.24) is 9.38 Å². The summed E-state index contributed by atoms with van der Waals surface area (Å²) in [6.07, 6.45) is 3.28. The number of nitrogens with two attached hydrogens (primary N) is 1. The molecule has 3 N–H and O–H groups in total. The summed E-state index contributed by atoms with van der Waals surface area (Å²) in [6.45, 7) is 0.575. The van der Waals surface area contributed by atoms with Gasteiger partial charge in [-0.3, -0.25) is 4.79 Å². The van der Waals surface area contributed by atoms with Crippen LogP contribution in [0.2, 0.25) is 0 Å². The Morgan fingerprint density at radius 1 is 1.47 bits per heavy atom. The van der Waals surface area contributed by atoms with Gasteiger partial charge in [0.15, 0.2) is 0 Å². The molecule has 6 nitrogen and oxygen atoms in total. The fourth-order valence-electron chi connectivity index (χ4n) is 1.85. The molecule has 0 atom stereocenters. The van der Waals surface area contributed by atoms with Gasteiger partial charge in [-0.05, 0) is 6.07 Å². The van der Waals surface area contributed by atoms with Gasteiger partial charge in [-0.15, -0.1) is 0 Å². The Kier molecular flexibility index (Phi) is 1.98. The van der Waals surface area contributed by atoms with E-state index in [4.69, 9.17) is 10.5 Å². The summed E-state index contributed by atoms with van der Waals surface area (Å²) < 4.78 is 6.67. The first-order valence-electron chi connectivity index (χ1n) is 5.18. The third-order valence-electron chi connectivity index (χ3n) is 2.92. The molecule has 0 spiro atoms. The average Bonchev–Trinajstić information content (AvgIpc) is 2.68. The van der Waals surface area contributed by atoms with Crippen LogP contribution < -0.4 is 5.73 Å². The topological polar surface area (TPSA) is 89.9 Å². The summed E-state index contributed by atoms with van der Waals surface area (Å²) in [6, 6.07) is 3.51. The third kappa shape index (κ3) is 1.49. The average molecular weight is 233 g/mol. The number of ether oxygens (including phenoxy) is 1. The molecule has 1 aliphatic heterocycles. The summed E-state index contributed by atoms with van der Waals surface area (Å²) in [5.74, 6) is -0.569. The van der Waals surface area contributed by atoms with Crippen LogP contribution in [0.4, 0.5) is 0 Å². The Morgan fingerprint density at radius 3 is 2.82 bits per heavy atom. The van der Waals surface area contributed by atoms with Crippen LogP contribution in [0, 0.1) is 0 Å². The van der Waals surface area contributed by atoms with Crippen LogP contribution in [0.5, 0.6) is 0 Å². The minimum atomic E-state index is -0.925. The van der Waals surface area contributed by atoms with Crippen LogP contribution in [-0.2, 0) is 10.3 Å². The first-order chi connectivity index (χ1) is 8.08. The molecule has 1 aliphatic rings. The number of aromatic nitrogens is 2. The summed E-state index contributed by atoms with van der Waals surface area (Å²) in [5.41, 5.74) is 5.79. The molecule has 1 amide bonds. The van der Waals surface area contributed by atoms with E-state index in [0.717, 1.165) is 5.56 Å². The number of imidazole rings is 1. The molecule has 0 aromatic carbocycles. The van der Waals surface area contributed by atoms with E-state index < -0.39 is 11.5 Å². The van der Waals surface area contributed by atoms with Gasteiger partial charge >= 0.3 is 0 Å². The lowest BCUT2D eigenvalue weighted by Gasteiger charge is -2.36. The van der Waals surface area contributed by atoms with Crippen LogP contribution in [0.25, 0.3) is 5.65 Å². The van der Waals surface area contributed by atoms with Gasteiger partial charge in [-0.1, -0.05) is 6.07 Å². The molecule has 0 bridgehead atoms. The van der Waals surface area contributed by atoms with Crippen LogP contribution >= 0.6 is 0 Å². The van der Waals surface area contributed by atoms with Gasteiger partial charge in [-0.2, -0.15) is 0 Å². The summed E-state index contributed by atoms with van der Waals surface area (Å²) in [7, 11) is 0. The number of hydrogen-bond donors (Lipinski definition) is 2. The van der Waals surface area contributed by atoms with Crippen molar-refractivity contribution in [3.63, 3.8) is 0 Å². The second-order valence-corrected chi connectivity index (χ2v) is 4.20. The highest BCUT2D eigenvalue weighted by molar-refractivity contribution is 5.91. The first kappa shape index (κ1) is 10.2. The zero-order chi connectivity index (χ0) is 12.0. The number of hydrogen-bond acceptors (Lipinski definition) is 4. The molecule has 1 saturated heterocycles. The van der Waals surface area contributed by atoms with Gasteiger partial charge in [0.05, 0.1) is 13.2 Å². The number of primary amides is 1. The van der Waals surface area contributed by atoms with E-state index in [0.29, 0.717) is 5.65 Å². The number of carbonyl (C=O) groups is 1. The van der Waals surface area contributed by atoms with Crippen molar-refractivity contribution in [3.8, 4) is 0 Å². The molecule has 2 aromatic heterocycles. The Morgan fingerprint density at radius 2 is 2.24 bits per heavy atom. The molecule has 3 rings (SSSR count). The van der Waals surface area contributed by atoms with Crippen molar-refractivity contribution >= 4 is 11.6 Å². The molecule has 0 saturated carbocycles. The number of carbonyl (C=O) groups excluding carboxylic acids is 1. The molecule has 0 aliphatic carbocycles. The van der Waals surface area contributed by atoms with Gasteiger partial charge < -0.3 is 20.0 Å². The lowest BCUT2D eigenvalue weighted by atomic mass is 9.94. The largest absolute Gasteiger partial charge is 0.380 e. The normalized spacial score (nSPS) is 17.9. The number of amides is 1. The highest BCUT2D eigenvalue weighted by Crippen LogP contribution is 2.29.